The zero-order valence-electron chi connectivity index (χ0n) is 21.5. The number of fused-ring (bicyclic) bond motifs is 1. The van der Waals surface area contributed by atoms with Crippen molar-refractivity contribution < 1.29 is 19.4 Å². The number of aliphatic hydroxyl groups excluding tert-OH is 1. The number of benzene rings is 2. The average Bonchev–Trinajstić information content (AvgIpc) is 3.66. The molecule has 1 unspecified atom stereocenters. The molecule has 1 aliphatic rings. The topological polar surface area (TPSA) is 110 Å². The minimum Gasteiger partial charge on any atom is -0.505 e. The Hall–Kier alpha value is -4.48. The molecule has 3 aromatic heterocycles. The van der Waals surface area contributed by atoms with Gasteiger partial charge < -0.3 is 9.84 Å². The lowest BCUT2D eigenvalue weighted by molar-refractivity contribution is -0.132. The molecule has 0 bridgehead atoms. The SMILES string of the molecule is COc1ccc(C2/C(=C(\O)c3c(C)nc4ccccn34)C(=O)C(=O)N2c2nnc(SCc3ccccc3)s2)cc1. The second-order valence-corrected chi connectivity index (χ2v) is 11.2. The van der Waals surface area contributed by atoms with Crippen molar-refractivity contribution in [2.45, 2.75) is 23.1 Å². The Morgan fingerprint density at radius 1 is 1.02 bits per heavy atom. The number of anilines is 1. The first-order valence-corrected chi connectivity index (χ1v) is 14.2. The second kappa shape index (κ2) is 10.6. The molecule has 40 heavy (non-hydrogen) atoms. The van der Waals surface area contributed by atoms with Gasteiger partial charge in [-0.15, -0.1) is 10.2 Å². The van der Waals surface area contributed by atoms with Gasteiger partial charge in [-0.05, 0) is 42.3 Å². The smallest absolute Gasteiger partial charge is 0.301 e. The number of nitrogens with zero attached hydrogens (tertiary/aromatic N) is 5. The van der Waals surface area contributed by atoms with Crippen LogP contribution in [0.2, 0.25) is 0 Å². The lowest BCUT2D eigenvalue weighted by Gasteiger charge is -2.22. The first kappa shape index (κ1) is 25.8. The number of aliphatic hydroxyl groups is 1. The summed E-state index contributed by atoms with van der Waals surface area (Å²) in [6.45, 7) is 1.75. The van der Waals surface area contributed by atoms with Crippen LogP contribution < -0.4 is 9.64 Å². The molecule has 4 heterocycles. The van der Waals surface area contributed by atoms with Gasteiger partial charge in [0.05, 0.1) is 24.4 Å². The molecule has 6 rings (SSSR count). The first-order valence-electron chi connectivity index (χ1n) is 12.4. The van der Waals surface area contributed by atoms with Crippen molar-refractivity contribution in [2.24, 2.45) is 0 Å². The quantitative estimate of drug-likeness (QED) is 0.0910. The summed E-state index contributed by atoms with van der Waals surface area (Å²) >= 11 is 2.72. The van der Waals surface area contributed by atoms with Crippen LogP contribution in [0.4, 0.5) is 5.13 Å². The van der Waals surface area contributed by atoms with E-state index >= 15 is 0 Å². The van der Waals surface area contributed by atoms with E-state index in [1.165, 1.54) is 28.0 Å². The van der Waals surface area contributed by atoms with Crippen LogP contribution >= 0.6 is 23.1 Å². The molecule has 1 fully saturated rings. The summed E-state index contributed by atoms with van der Waals surface area (Å²) in [6, 6.07) is 21.5. The summed E-state index contributed by atoms with van der Waals surface area (Å²) in [5, 5.41) is 20.5. The number of thioether (sulfide) groups is 1. The molecule has 5 aromatic rings. The molecule has 9 nitrogen and oxygen atoms in total. The molecule has 2 aromatic carbocycles. The van der Waals surface area contributed by atoms with Crippen molar-refractivity contribution in [2.75, 3.05) is 12.0 Å². The average molecular weight is 570 g/mol. The standard InChI is InChI=1S/C29H23N5O4S2/c1-17-23(33-15-7-6-10-21(33)30-17)25(35)22-24(19-11-13-20(38-2)14-12-19)34(27(37)26(22)36)28-31-32-29(40-28)39-16-18-8-4-3-5-9-18/h3-15,24,35H,16H2,1-2H3/b25-22+. The predicted molar refractivity (Wildman–Crippen MR) is 154 cm³/mol. The highest BCUT2D eigenvalue weighted by Crippen LogP contribution is 2.44. The number of carbonyl (C=O) groups is 2. The lowest BCUT2D eigenvalue weighted by atomic mass is 9.96. The fourth-order valence-corrected chi connectivity index (χ4v) is 6.56. The summed E-state index contributed by atoms with van der Waals surface area (Å²) in [5.74, 6) is -0.596. The molecule has 0 radical (unpaired) electrons. The van der Waals surface area contributed by atoms with Gasteiger partial charge in [-0.3, -0.25) is 18.9 Å². The Morgan fingerprint density at radius 2 is 1.77 bits per heavy atom. The number of methoxy groups -OCH3 is 1. The van der Waals surface area contributed by atoms with Crippen LogP contribution in [0.1, 0.15) is 28.6 Å². The van der Waals surface area contributed by atoms with Crippen molar-refractivity contribution >= 4 is 51.3 Å². The van der Waals surface area contributed by atoms with E-state index in [1.807, 2.05) is 36.4 Å². The zero-order valence-corrected chi connectivity index (χ0v) is 23.1. The van der Waals surface area contributed by atoms with E-state index in [-0.39, 0.29) is 16.5 Å². The normalized spacial score (nSPS) is 16.6. The van der Waals surface area contributed by atoms with E-state index in [2.05, 4.69) is 15.2 Å². The number of ketones is 1. The van der Waals surface area contributed by atoms with Gasteiger partial charge in [-0.25, -0.2) is 4.98 Å². The minimum atomic E-state index is -0.931. The van der Waals surface area contributed by atoms with Crippen molar-refractivity contribution in [1.82, 2.24) is 19.6 Å². The third-order valence-electron chi connectivity index (χ3n) is 6.61. The molecule has 0 saturated carbocycles. The highest BCUT2D eigenvalue weighted by atomic mass is 32.2. The fourth-order valence-electron chi connectivity index (χ4n) is 4.74. The van der Waals surface area contributed by atoms with Crippen LogP contribution in [0.15, 0.2) is 88.9 Å². The Morgan fingerprint density at radius 3 is 2.52 bits per heavy atom. The van der Waals surface area contributed by atoms with Gasteiger partial charge in [0.15, 0.2) is 10.1 Å². The Labute approximate surface area is 237 Å². The fraction of sp³-hybridized carbons (Fsp3) is 0.138. The number of hydrogen-bond acceptors (Lipinski definition) is 9. The second-order valence-electron chi connectivity index (χ2n) is 9.04. The summed E-state index contributed by atoms with van der Waals surface area (Å²) in [6.07, 6.45) is 1.75. The largest absolute Gasteiger partial charge is 0.505 e. The Bertz CT molecular complexity index is 1760. The Balaban J connectivity index is 1.45. The molecular weight excluding hydrogens is 546 g/mol. The number of ether oxygens (including phenoxy) is 1. The molecule has 0 spiro atoms. The predicted octanol–water partition coefficient (Wildman–Crippen LogP) is 5.42. The molecule has 11 heteroatoms. The summed E-state index contributed by atoms with van der Waals surface area (Å²) < 4.78 is 7.67. The molecule has 1 atom stereocenters. The summed E-state index contributed by atoms with van der Waals surface area (Å²) in [7, 11) is 1.56. The van der Waals surface area contributed by atoms with Crippen LogP contribution in [0.5, 0.6) is 5.75 Å². The maximum absolute atomic E-state index is 13.6. The van der Waals surface area contributed by atoms with E-state index in [0.29, 0.717) is 38.4 Å². The third-order valence-corrected chi connectivity index (χ3v) is 8.74. The number of hydrogen-bond donors (Lipinski definition) is 1. The van der Waals surface area contributed by atoms with Gasteiger partial charge in [0.25, 0.3) is 5.78 Å². The first-order chi connectivity index (χ1) is 19.5. The molecule has 1 N–H and O–H groups in total. The van der Waals surface area contributed by atoms with Crippen LogP contribution in [-0.2, 0) is 15.3 Å². The van der Waals surface area contributed by atoms with E-state index < -0.39 is 17.7 Å². The number of rotatable bonds is 7. The number of pyridine rings is 1. The van der Waals surface area contributed by atoms with Gasteiger partial charge in [0, 0.05) is 11.9 Å². The van der Waals surface area contributed by atoms with Crippen LogP contribution in [0.25, 0.3) is 11.4 Å². The minimum absolute atomic E-state index is 0.0439. The van der Waals surface area contributed by atoms with Crippen LogP contribution in [0, 0.1) is 6.92 Å². The maximum atomic E-state index is 13.6. The molecule has 0 aliphatic carbocycles. The van der Waals surface area contributed by atoms with Gasteiger partial charge >= 0.3 is 5.91 Å². The lowest BCUT2D eigenvalue weighted by Crippen LogP contribution is -2.29. The number of aromatic nitrogens is 4. The van der Waals surface area contributed by atoms with E-state index in [0.717, 1.165) is 5.56 Å². The van der Waals surface area contributed by atoms with Crippen molar-refractivity contribution in [3.63, 3.8) is 0 Å². The number of amides is 1. The van der Waals surface area contributed by atoms with Crippen LogP contribution in [0.3, 0.4) is 0 Å². The van der Waals surface area contributed by atoms with E-state index in [4.69, 9.17) is 4.74 Å². The zero-order chi connectivity index (χ0) is 27.8. The number of aryl methyl sites for hydroxylation is 1. The van der Waals surface area contributed by atoms with Crippen molar-refractivity contribution in [3.8, 4) is 5.75 Å². The third kappa shape index (κ3) is 4.52. The number of Topliss-reactive ketones (excluding diaryl/α,β-unsaturated/α-hetero) is 1. The highest BCUT2D eigenvalue weighted by Gasteiger charge is 2.48. The molecule has 1 aliphatic heterocycles. The van der Waals surface area contributed by atoms with Gasteiger partial charge in [0.2, 0.25) is 5.13 Å². The van der Waals surface area contributed by atoms with Gasteiger partial charge in [0.1, 0.15) is 17.1 Å². The molecule has 1 saturated heterocycles. The Kier molecular flexibility index (Phi) is 6.82. The molecule has 1 amide bonds. The summed E-state index contributed by atoms with van der Waals surface area (Å²) in [4.78, 5) is 33.0. The number of carbonyl (C=O) groups excluding carboxylic acids is 2. The number of imidazole rings is 1. The monoisotopic (exact) mass is 569 g/mol. The van der Waals surface area contributed by atoms with Gasteiger partial charge in [-0.2, -0.15) is 0 Å². The summed E-state index contributed by atoms with van der Waals surface area (Å²) in [5.41, 5.74) is 3.19. The van der Waals surface area contributed by atoms with Crippen molar-refractivity contribution in [1.29, 1.82) is 0 Å². The van der Waals surface area contributed by atoms with Gasteiger partial charge in [-0.1, -0.05) is 71.6 Å². The molecular formula is C29H23N5O4S2. The maximum Gasteiger partial charge on any atom is 0.301 e. The van der Waals surface area contributed by atoms with E-state index in [9.17, 15) is 14.7 Å². The highest BCUT2D eigenvalue weighted by molar-refractivity contribution is 8.00. The molecule has 200 valence electrons. The van der Waals surface area contributed by atoms with Crippen molar-refractivity contribution in [3.05, 3.63) is 107 Å². The van der Waals surface area contributed by atoms with Crippen LogP contribution in [-0.4, -0.2) is 43.5 Å². The van der Waals surface area contributed by atoms with E-state index in [1.54, 1.807) is 61.0 Å².